The first-order chi connectivity index (χ1) is 12.4. The third-order valence-corrected chi connectivity index (χ3v) is 3.58. The predicted octanol–water partition coefficient (Wildman–Crippen LogP) is 4.05. The number of halogens is 1. The molecule has 0 unspecified atom stereocenters. The average molecular weight is 375 g/mol. The number of nitro benzene ring substituents is 1. The van der Waals surface area contributed by atoms with Crippen molar-refractivity contribution in [1.29, 1.82) is 0 Å². The highest BCUT2D eigenvalue weighted by atomic mass is 35.5. The van der Waals surface area contributed by atoms with E-state index in [0.717, 1.165) is 0 Å². The SMILES string of the molecule is O=C(O)COc1ccc(Oc2nc(Cl)cc3c([N+](=O)[O-])cccc23)cc1. The van der Waals surface area contributed by atoms with Gasteiger partial charge in [-0.25, -0.2) is 9.78 Å². The Hall–Kier alpha value is -3.39. The molecule has 0 fully saturated rings. The van der Waals surface area contributed by atoms with Gasteiger partial charge < -0.3 is 14.6 Å². The third kappa shape index (κ3) is 3.81. The minimum atomic E-state index is -1.08. The lowest BCUT2D eigenvalue weighted by molar-refractivity contribution is -0.383. The highest BCUT2D eigenvalue weighted by molar-refractivity contribution is 6.30. The van der Waals surface area contributed by atoms with Crippen molar-refractivity contribution in [2.75, 3.05) is 6.61 Å². The van der Waals surface area contributed by atoms with Crippen LogP contribution in [0.25, 0.3) is 10.8 Å². The number of pyridine rings is 1. The number of fused-ring (bicyclic) bond motifs is 1. The van der Waals surface area contributed by atoms with Gasteiger partial charge in [0.2, 0.25) is 5.88 Å². The molecule has 3 rings (SSSR count). The molecule has 0 aliphatic carbocycles. The van der Waals surface area contributed by atoms with Gasteiger partial charge in [-0.15, -0.1) is 0 Å². The van der Waals surface area contributed by atoms with E-state index in [9.17, 15) is 14.9 Å². The Kier molecular flexibility index (Phi) is 4.85. The molecule has 1 heterocycles. The van der Waals surface area contributed by atoms with E-state index in [2.05, 4.69) is 4.98 Å². The van der Waals surface area contributed by atoms with Crippen LogP contribution in [0.15, 0.2) is 48.5 Å². The van der Waals surface area contributed by atoms with Crippen molar-refractivity contribution >= 4 is 34.0 Å². The fraction of sp³-hybridized carbons (Fsp3) is 0.0588. The van der Waals surface area contributed by atoms with Crippen LogP contribution in [0.3, 0.4) is 0 Å². The van der Waals surface area contributed by atoms with Gasteiger partial charge in [0.05, 0.1) is 15.7 Å². The van der Waals surface area contributed by atoms with Crippen LogP contribution < -0.4 is 9.47 Å². The van der Waals surface area contributed by atoms with E-state index in [-0.39, 0.29) is 16.7 Å². The van der Waals surface area contributed by atoms with Gasteiger partial charge >= 0.3 is 5.97 Å². The van der Waals surface area contributed by atoms with Gasteiger partial charge in [-0.1, -0.05) is 17.7 Å². The van der Waals surface area contributed by atoms with E-state index in [1.807, 2.05) is 0 Å². The first-order valence-corrected chi connectivity index (χ1v) is 7.68. The lowest BCUT2D eigenvalue weighted by Crippen LogP contribution is -2.09. The Morgan fingerprint density at radius 2 is 1.85 bits per heavy atom. The molecule has 0 spiro atoms. The van der Waals surface area contributed by atoms with E-state index in [4.69, 9.17) is 26.2 Å². The Bertz CT molecular complexity index is 990. The van der Waals surface area contributed by atoms with Crippen LogP contribution in [-0.2, 0) is 4.79 Å². The lowest BCUT2D eigenvalue weighted by atomic mass is 10.1. The summed E-state index contributed by atoms with van der Waals surface area (Å²) in [6, 6.07) is 12.1. The van der Waals surface area contributed by atoms with Crippen molar-refractivity contribution in [1.82, 2.24) is 4.98 Å². The van der Waals surface area contributed by atoms with Crippen LogP contribution in [0, 0.1) is 10.1 Å². The number of aliphatic carboxylic acids is 1. The molecule has 26 heavy (non-hydrogen) atoms. The van der Waals surface area contributed by atoms with Crippen molar-refractivity contribution in [3.63, 3.8) is 0 Å². The molecule has 0 saturated heterocycles. The van der Waals surface area contributed by atoms with Gasteiger partial charge in [-0.2, -0.15) is 0 Å². The van der Waals surface area contributed by atoms with E-state index in [0.29, 0.717) is 22.3 Å². The van der Waals surface area contributed by atoms with E-state index >= 15 is 0 Å². The zero-order valence-electron chi connectivity index (χ0n) is 13.1. The van der Waals surface area contributed by atoms with E-state index < -0.39 is 17.5 Å². The summed E-state index contributed by atoms with van der Waals surface area (Å²) < 4.78 is 10.7. The van der Waals surface area contributed by atoms with Gasteiger partial charge in [0.25, 0.3) is 5.69 Å². The minimum absolute atomic E-state index is 0.0585. The molecule has 2 aromatic carbocycles. The number of carboxylic acid groups (broad SMARTS) is 1. The van der Waals surface area contributed by atoms with Crippen LogP contribution in [0.1, 0.15) is 0 Å². The van der Waals surface area contributed by atoms with Crippen molar-refractivity contribution in [3.8, 4) is 17.4 Å². The maximum atomic E-state index is 11.2. The molecular weight excluding hydrogens is 364 g/mol. The topological polar surface area (TPSA) is 112 Å². The van der Waals surface area contributed by atoms with Gasteiger partial charge in [-0.3, -0.25) is 10.1 Å². The van der Waals surface area contributed by atoms with Crippen LogP contribution in [0.2, 0.25) is 5.15 Å². The normalized spacial score (nSPS) is 10.5. The Morgan fingerprint density at radius 1 is 1.15 bits per heavy atom. The summed E-state index contributed by atoms with van der Waals surface area (Å²) in [5.74, 6) is -0.216. The quantitative estimate of drug-likeness (QED) is 0.393. The monoisotopic (exact) mass is 374 g/mol. The predicted molar refractivity (Wildman–Crippen MR) is 93.1 cm³/mol. The number of non-ortho nitro benzene ring substituents is 1. The minimum Gasteiger partial charge on any atom is -0.482 e. The number of carboxylic acids is 1. The zero-order valence-corrected chi connectivity index (χ0v) is 13.8. The maximum Gasteiger partial charge on any atom is 0.341 e. The van der Waals surface area contributed by atoms with E-state index in [1.165, 1.54) is 30.3 Å². The second-order valence-electron chi connectivity index (χ2n) is 5.14. The number of rotatable bonds is 6. The highest BCUT2D eigenvalue weighted by Crippen LogP contribution is 2.35. The number of carbonyl (C=O) groups is 1. The van der Waals surface area contributed by atoms with Crippen LogP contribution in [0.5, 0.6) is 17.4 Å². The summed E-state index contributed by atoms with van der Waals surface area (Å²) in [4.78, 5) is 25.3. The zero-order chi connectivity index (χ0) is 18.7. The Morgan fingerprint density at radius 3 is 2.50 bits per heavy atom. The number of hydrogen-bond donors (Lipinski definition) is 1. The average Bonchev–Trinajstić information content (AvgIpc) is 2.60. The summed E-state index contributed by atoms with van der Waals surface area (Å²) in [6.45, 7) is -0.454. The lowest BCUT2D eigenvalue weighted by Gasteiger charge is -2.10. The molecule has 0 radical (unpaired) electrons. The first kappa shape index (κ1) is 17.4. The second kappa shape index (κ2) is 7.24. The number of benzene rings is 2. The summed E-state index contributed by atoms with van der Waals surface area (Å²) in [6.07, 6.45) is 0. The summed E-state index contributed by atoms with van der Waals surface area (Å²) in [5.41, 5.74) is -0.103. The van der Waals surface area contributed by atoms with Crippen LogP contribution in [0.4, 0.5) is 5.69 Å². The molecular formula is C17H11ClN2O6. The van der Waals surface area contributed by atoms with Crippen molar-refractivity contribution < 1.29 is 24.3 Å². The molecule has 132 valence electrons. The molecule has 9 heteroatoms. The summed E-state index contributed by atoms with van der Waals surface area (Å²) >= 11 is 5.97. The number of aromatic nitrogens is 1. The molecule has 0 amide bonds. The largest absolute Gasteiger partial charge is 0.482 e. The Labute approximate surface area is 151 Å². The molecule has 0 bridgehead atoms. The standard InChI is InChI=1S/C17H11ClN2O6/c18-15-8-13-12(2-1-3-14(13)20(23)24)17(19-15)26-11-6-4-10(5-7-11)25-9-16(21)22/h1-8H,9H2,(H,21,22). The van der Waals surface area contributed by atoms with Crippen molar-refractivity contribution in [3.05, 3.63) is 63.8 Å². The van der Waals surface area contributed by atoms with Crippen LogP contribution in [-0.4, -0.2) is 27.6 Å². The van der Waals surface area contributed by atoms with Gasteiger partial charge in [0, 0.05) is 6.07 Å². The van der Waals surface area contributed by atoms with Crippen molar-refractivity contribution in [2.24, 2.45) is 0 Å². The summed E-state index contributed by atoms with van der Waals surface area (Å²) in [5, 5.41) is 20.6. The molecule has 0 saturated carbocycles. The number of nitrogens with zero attached hydrogens (tertiary/aromatic N) is 2. The summed E-state index contributed by atoms with van der Waals surface area (Å²) in [7, 11) is 0. The third-order valence-electron chi connectivity index (χ3n) is 3.38. The van der Waals surface area contributed by atoms with E-state index in [1.54, 1.807) is 18.2 Å². The second-order valence-corrected chi connectivity index (χ2v) is 5.52. The van der Waals surface area contributed by atoms with Gasteiger partial charge in [-0.05, 0) is 36.4 Å². The molecule has 0 atom stereocenters. The molecule has 1 N–H and O–H groups in total. The molecule has 1 aromatic heterocycles. The molecule has 3 aromatic rings. The fourth-order valence-corrected chi connectivity index (χ4v) is 2.48. The number of nitro groups is 1. The smallest absolute Gasteiger partial charge is 0.341 e. The highest BCUT2D eigenvalue weighted by Gasteiger charge is 2.16. The number of ether oxygens (including phenoxy) is 2. The number of hydrogen-bond acceptors (Lipinski definition) is 6. The maximum absolute atomic E-state index is 11.2. The van der Waals surface area contributed by atoms with Crippen LogP contribution >= 0.6 is 11.6 Å². The Balaban J connectivity index is 1.92. The molecule has 0 aliphatic rings. The van der Waals surface area contributed by atoms with Gasteiger partial charge in [0.15, 0.2) is 6.61 Å². The first-order valence-electron chi connectivity index (χ1n) is 7.30. The molecule has 8 nitrogen and oxygen atoms in total. The van der Waals surface area contributed by atoms with Gasteiger partial charge in [0.1, 0.15) is 16.7 Å². The fourth-order valence-electron chi connectivity index (χ4n) is 2.30. The van der Waals surface area contributed by atoms with Crippen molar-refractivity contribution in [2.45, 2.75) is 0 Å². The molecule has 0 aliphatic heterocycles.